The average Bonchev–Trinajstić information content (AvgIpc) is 2.41. The van der Waals surface area contributed by atoms with Gasteiger partial charge in [0.25, 0.3) is 0 Å². The highest BCUT2D eigenvalue weighted by Crippen LogP contribution is 2.23. The summed E-state index contributed by atoms with van der Waals surface area (Å²) >= 11 is 0. The minimum Gasteiger partial charge on any atom is -0.379 e. The van der Waals surface area contributed by atoms with Crippen LogP contribution in [-0.4, -0.2) is 38.3 Å². The van der Waals surface area contributed by atoms with Gasteiger partial charge in [0, 0.05) is 32.9 Å². The van der Waals surface area contributed by atoms with Gasteiger partial charge in [0.05, 0.1) is 6.10 Å². The lowest BCUT2D eigenvalue weighted by Crippen LogP contribution is -2.44. The van der Waals surface area contributed by atoms with Gasteiger partial charge in [0.2, 0.25) is 0 Å². The van der Waals surface area contributed by atoms with Crippen molar-refractivity contribution in [3.63, 3.8) is 0 Å². The maximum absolute atomic E-state index is 5.54. The molecule has 100 valence electrons. The summed E-state index contributed by atoms with van der Waals surface area (Å²) in [5.41, 5.74) is 1.22. The molecular weight excluding hydrogens is 226 g/mol. The van der Waals surface area contributed by atoms with Crippen molar-refractivity contribution in [1.82, 2.24) is 10.3 Å². The monoisotopic (exact) mass is 249 g/mol. The van der Waals surface area contributed by atoms with Crippen LogP contribution >= 0.6 is 0 Å². The second-order valence-corrected chi connectivity index (χ2v) is 5.04. The Labute approximate surface area is 109 Å². The van der Waals surface area contributed by atoms with E-state index in [0.717, 1.165) is 25.5 Å². The van der Waals surface area contributed by atoms with Crippen molar-refractivity contribution >= 4 is 5.82 Å². The summed E-state index contributed by atoms with van der Waals surface area (Å²) in [5.74, 6) is 1.69. The van der Waals surface area contributed by atoms with Crippen LogP contribution in [0.2, 0.25) is 0 Å². The van der Waals surface area contributed by atoms with Crippen LogP contribution in [0, 0.1) is 5.92 Å². The zero-order chi connectivity index (χ0) is 13.0. The Kier molecular flexibility index (Phi) is 4.55. The molecule has 2 rings (SSSR count). The molecular formula is C14H23N3O. The van der Waals surface area contributed by atoms with E-state index < -0.39 is 0 Å². The van der Waals surface area contributed by atoms with Crippen LogP contribution in [0.5, 0.6) is 0 Å². The number of methoxy groups -OCH3 is 1. The fourth-order valence-corrected chi connectivity index (χ4v) is 2.46. The lowest BCUT2D eigenvalue weighted by atomic mass is 9.96. The van der Waals surface area contributed by atoms with Crippen LogP contribution in [0.25, 0.3) is 0 Å². The predicted molar refractivity (Wildman–Crippen MR) is 73.8 cm³/mol. The molecule has 1 saturated heterocycles. The van der Waals surface area contributed by atoms with Crippen molar-refractivity contribution in [1.29, 1.82) is 0 Å². The molecule has 0 aliphatic carbocycles. The van der Waals surface area contributed by atoms with E-state index in [4.69, 9.17) is 4.74 Å². The molecule has 1 aliphatic rings. The molecule has 4 nitrogen and oxygen atoms in total. The third-order valence-electron chi connectivity index (χ3n) is 3.71. The number of hydrogen-bond donors (Lipinski definition) is 1. The van der Waals surface area contributed by atoms with Gasteiger partial charge in [0.15, 0.2) is 0 Å². The summed E-state index contributed by atoms with van der Waals surface area (Å²) in [7, 11) is 3.75. The largest absolute Gasteiger partial charge is 0.379 e. The van der Waals surface area contributed by atoms with E-state index in [1.807, 2.05) is 13.2 Å². The lowest BCUT2D eigenvalue weighted by molar-refractivity contribution is 0.0496. The molecule has 4 heteroatoms. The number of anilines is 1. The fraction of sp³-hybridized carbons (Fsp3) is 0.643. The van der Waals surface area contributed by atoms with Crippen LogP contribution in [0.4, 0.5) is 5.82 Å². The normalized spacial score (nSPS) is 24.3. The first kappa shape index (κ1) is 13.3. The Morgan fingerprint density at radius 2 is 2.33 bits per heavy atom. The Morgan fingerprint density at radius 3 is 2.94 bits per heavy atom. The minimum absolute atomic E-state index is 0.317. The Bertz CT molecular complexity index is 366. The summed E-state index contributed by atoms with van der Waals surface area (Å²) < 4.78 is 5.54. The fourth-order valence-electron chi connectivity index (χ4n) is 2.46. The summed E-state index contributed by atoms with van der Waals surface area (Å²) in [6, 6.07) is 4.24. The van der Waals surface area contributed by atoms with Crippen molar-refractivity contribution in [2.75, 3.05) is 32.1 Å². The second-order valence-electron chi connectivity index (χ2n) is 5.04. The van der Waals surface area contributed by atoms with Gasteiger partial charge in [-0.05, 0) is 31.0 Å². The van der Waals surface area contributed by atoms with Gasteiger partial charge in [-0.25, -0.2) is 4.98 Å². The maximum Gasteiger partial charge on any atom is 0.128 e. The van der Waals surface area contributed by atoms with Crippen LogP contribution in [0.15, 0.2) is 18.3 Å². The molecule has 0 spiro atoms. The first-order valence-electron chi connectivity index (χ1n) is 6.62. The number of hydrogen-bond acceptors (Lipinski definition) is 4. The summed E-state index contributed by atoms with van der Waals surface area (Å²) in [4.78, 5) is 6.86. The van der Waals surface area contributed by atoms with Gasteiger partial charge in [-0.3, -0.25) is 0 Å². The number of aromatic nitrogens is 1. The summed E-state index contributed by atoms with van der Waals surface area (Å²) in [6.45, 7) is 5.13. The first-order chi connectivity index (χ1) is 8.74. The standard InChI is InChI=1S/C14H23N3O/c1-11-6-7-17(10-13(11)18-3)14-5-4-12(8-15-2)9-16-14/h4-5,9,11,13,15H,6-8,10H2,1-3H3. The third-order valence-corrected chi connectivity index (χ3v) is 3.71. The van der Waals surface area contributed by atoms with Gasteiger partial charge in [-0.1, -0.05) is 13.0 Å². The molecule has 1 N–H and O–H groups in total. The quantitative estimate of drug-likeness (QED) is 0.880. The highest BCUT2D eigenvalue weighted by Gasteiger charge is 2.26. The Balaban J connectivity index is 2.02. The van der Waals surface area contributed by atoms with Crippen molar-refractivity contribution in [3.05, 3.63) is 23.9 Å². The molecule has 2 unspecified atom stereocenters. The topological polar surface area (TPSA) is 37.4 Å². The minimum atomic E-state index is 0.317. The number of rotatable bonds is 4. The van der Waals surface area contributed by atoms with E-state index in [-0.39, 0.29) is 0 Å². The molecule has 2 heterocycles. The summed E-state index contributed by atoms with van der Waals surface area (Å²) in [5, 5.41) is 3.13. The smallest absolute Gasteiger partial charge is 0.128 e. The van der Waals surface area contributed by atoms with E-state index >= 15 is 0 Å². The van der Waals surface area contributed by atoms with Gasteiger partial charge in [0.1, 0.15) is 5.82 Å². The molecule has 0 aromatic carbocycles. The molecule has 1 aromatic heterocycles. The van der Waals surface area contributed by atoms with Crippen LogP contribution in [0.1, 0.15) is 18.9 Å². The molecule has 0 bridgehead atoms. The SMILES string of the molecule is CNCc1ccc(N2CCC(C)C(OC)C2)nc1. The van der Waals surface area contributed by atoms with E-state index in [1.54, 1.807) is 7.11 Å². The summed E-state index contributed by atoms with van der Waals surface area (Å²) in [6.07, 6.45) is 3.43. The molecule has 0 radical (unpaired) electrons. The molecule has 1 aromatic rings. The lowest BCUT2D eigenvalue weighted by Gasteiger charge is -2.36. The highest BCUT2D eigenvalue weighted by atomic mass is 16.5. The molecule has 2 atom stereocenters. The zero-order valence-corrected chi connectivity index (χ0v) is 11.5. The Morgan fingerprint density at radius 1 is 1.50 bits per heavy atom. The number of pyridine rings is 1. The van der Waals surface area contributed by atoms with Crippen LogP contribution in [-0.2, 0) is 11.3 Å². The van der Waals surface area contributed by atoms with Gasteiger partial charge < -0.3 is 15.0 Å². The number of nitrogens with one attached hydrogen (secondary N) is 1. The van der Waals surface area contributed by atoms with Crippen molar-refractivity contribution in [2.45, 2.75) is 26.0 Å². The second kappa shape index (κ2) is 6.16. The van der Waals surface area contributed by atoms with Crippen molar-refractivity contribution < 1.29 is 4.74 Å². The van der Waals surface area contributed by atoms with E-state index in [9.17, 15) is 0 Å². The number of nitrogens with zero attached hydrogens (tertiary/aromatic N) is 2. The van der Waals surface area contributed by atoms with E-state index in [0.29, 0.717) is 12.0 Å². The van der Waals surface area contributed by atoms with Gasteiger partial charge >= 0.3 is 0 Å². The van der Waals surface area contributed by atoms with Gasteiger partial charge in [-0.2, -0.15) is 0 Å². The molecule has 0 amide bonds. The average molecular weight is 249 g/mol. The highest BCUT2D eigenvalue weighted by molar-refractivity contribution is 5.40. The van der Waals surface area contributed by atoms with Gasteiger partial charge in [-0.15, -0.1) is 0 Å². The molecule has 1 fully saturated rings. The number of ether oxygens (including phenoxy) is 1. The Hall–Kier alpha value is -1.13. The molecule has 0 saturated carbocycles. The number of piperidine rings is 1. The zero-order valence-electron chi connectivity index (χ0n) is 11.5. The van der Waals surface area contributed by atoms with E-state index in [2.05, 4.69) is 34.3 Å². The van der Waals surface area contributed by atoms with Crippen LogP contribution in [0.3, 0.4) is 0 Å². The van der Waals surface area contributed by atoms with E-state index in [1.165, 1.54) is 12.0 Å². The predicted octanol–water partition coefficient (Wildman–Crippen LogP) is 1.66. The van der Waals surface area contributed by atoms with Crippen LogP contribution < -0.4 is 10.2 Å². The first-order valence-corrected chi connectivity index (χ1v) is 6.62. The van der Waals surface area contributed by atoms with Crippen molar-refractivity contribution in [3.8, 4) is 0 Å². The third kappa shape index (κ3) is 3.00. The van der Waals surface area contributed by atoms with Crippen molar-refractivity contribution in [2.24, 2.45) is 5.92 Å². The molecule has 18 heavy (non-hydrogen) atoms. The maximum atomic E-state index is 5.54. The molecule has 1 aliphatic heterocycles.